The number of benzene rings is 1. The number of halogens is 2. The maximum Gasteiger partial charge on any atom is 0.191 e. The first-order valence-corrected chi connectivity index (χ1v) is 8.83. The van der Waals surface area contributed by atoms with E-state index in [1.54, 1.807) is 30.6 Å². The predicted molar refractivity (Wildman–Crippen MR) is 113 cm³/mol. The van der Waals surface area contributed by atoms with Crippen molar-refractivity contribution in [3.05, 3.63) is 57.0 Å². The van der Waals surface area contributed by atoms with Crippen LogP contribution in [-0.2, 0) is 24.4 Å². The number of hydrogen-bond donors (Lipinski definition) is 2. The number of nitrogens with zero attached hydrogens (tertiary/aromatic N) is 1. The summed E-state index contributed by atoms with van der Waals surface area (Å²) in [7, 11) is 1.56. The summed E-state index contributed by atoms with van der Waals surface area (Å²) in [4.78, 5) is 5.88. The van der Waals surface area contributed by atoms with Crippen LogP contribution in [0.5, 0.6) is 0 Å². The van der Waals surface area contributed by atoms with Crippen molar-refractivity contribution >= 4 is 41.3 Å². The fraction of sp³-hybridized carbons (Fsp3) is 0.389. The number of thiophene rings is 1. The third-order valence-corrected chi connectivity index (χ3v) is 4.58. The highest BCUT2D eigenvalue weighted by Crippen LogP contribution is 2.15. The molecule has 2 rings (SSSR count). The van der Waals surface area contributed by atoms with Gasteiger partial charge in [-0.3, -0.25) is 0 Å². The lowest BCUT2D eigenvalue weighted by molar-refractivity contribution is 0.181. The molecule has 138 valence electrons. The van der Waals surface area contributed by atoms with Gasteiger partial charge in [-0.2, -0.15) is 0 Å². The van der Waals surface area contributed by atoms with E-state index in [0.717, 1.165) is 24.6 Å². The number of nitrogens with one attached hydrogen (secondary N) is 2. The molecule has 0 aliphatic rings. The molecule has 0 fully saturated rings. The Morgan fingerprint density at radius 2 is 2.08 bits per heavy atom. The molecule has 0 saturated heterocycles. The van der Waals surface area contributed by atoms with Crippen LogP contribution < -0.4 is 10.6 Å². The molecule has 0 aliphatic heterocycles. The van der Waals surface area contributed by atoms with Crippen LogP contribution in [0.3, 0.4) is 0 Å². The van der Waals surface area contributed by atoms with E-state index in [2.05, 4.69) is 34.0 Å². The highest BCUT2D eigenvalue weighted by molar-refractivity contribution is 14.0. The maximum absolute atomic E-state index is 13.7. The summed E-state index contributed by atoms with van der Waals surface area (Å²) in [5.41, 5.74) is 2.79. The average molecular weight is 477 g/mol. The van der Waals surface area contributed by atoms with E-state index in [4.69, 9.17) is 4.74 Å². The van der Waals surface area contributed by atoms with Gasteiger partial charge in [0.15, 0.2) is 5.96 Å². The quantitative estimate of drug-likeness (QED) is 0.357. The van der Waals surface area contributed by atoms with Gasteiger partial charge in [0.2, 0.25) is 0 Å². The zero-order chi connectivity index (χ0) is 17.4. The van der Waals surface area contributed by atoms with E-state index < -0.39 is 0 Å². The number of guanidine groups is 1. The summed E-state index contributed by atoms with van der Waals surface area (Å²) in [6.45, 7) is 6.41. The molecule has 4 nitrogen and oxygen atoms in total. The Morgan fingerprint density at radius 3 is 2.72 bits per heavy atom. The third-order valence-electron chi connectivity index (χ3n) is 3.56. The van der Waals surface area contributed by atoms with Crippen LogP contribution in [0.4, 0.5) is 4.39 Å². The standard InChI is InChI=1S/C18H24FN3OS.HI/c1-4-20-18(22-11-17-13(2)7-8-24-17)21-10-14-5-6-16(19)15(9-14)12-23-3;/h5-9H,4,10-12H2,1-3H3,(H2,20,21,22);1H. The van der Waals surface area contributed by atoms with Crippen LogP contribution in [0.25, 0.3) is 0 Å². The van der Waals surface area contributed by atoms with Gasteiger partial charge < -0.3 is 15.4 Å². The third kappa shape index (κ3) is 6.91. The molecule has 1 heterocycles. The van der Waals surface area contributed by atoms with Crippen molar-refractivity contribution in [2.24, 2.45) is 4.99 Å². The van der Waals surface area contributed by atoms with Crippen molar-refractivity contribution in [1.29, 1.82) is 0 Å². The second-order valence-corrected chi connectivity index (χ2v) is 6.43. The molecule has 0 amide bonds. The Balaban J connectivity index is 0.00000312. The molecule has 0 unspecified atom stereocenters. The SMILES string of the molecule is CCNC(=NCc1ccc(F)c(COC)c1)NCc1sccc1C.I. The van der Waals surface area contributed by atoms with Crippen LogP contribution in [0.15, 0.2) is 34.6 Å². The summed E-state index contributed by atoms with van der Waals surface area (Å²) in [5.74, 6) is 0.505. The molecule has 1 aromatic heterocycles. The fourth-order valence-electron chi connectivity index (χ4n) is 2.25. The maximum atomic E-state index is 13.7. The van der Waals surface area contributed by atoms with Crippen LogP contribution in [0, 0.1) is 12.7 Å². The van der Waals surface area contributed by atoms with E-state index in [0.29, 0.717) is 12.1 Å². The summed E-state index contributed by atoms with van der Waals surface area (Å²) in [5, 5.41) is 8.66. The molecular weight excluding hydrogens is 452 g/mol. The van der Waals surface area contributed by atoms with Gasteiger partial charge in [0.25, 0.3) is 0 Å². The lowest BCUT2D eigenvalue weighted by Gasteiger charge is -2.11. The molecule has 0 radical (unpaired) electrons. The van der Waals surface area contributed by atoms with Crippen LogP contribution in [-0.4, -0.2) is 19.6 Å². The Hall–Kier alpha value is -1.19. The van der Waals surface area contributed by atoms with Gasteiger partial charge in [-0.05, 0) is 48.6 Å². The first-order valence-electron chi connectivity index (χ1n) is 7.95. The van der Waals surface area contributed by atoms with Crippen molar-refractivity contribution in [2.75, 3.05) is 13.7 Å². The molecular formula is C18H25FIN3OS. The molecule has 0 saturated carbocycles. The van der Waals surface area contributed by atoms with Crippen LogP contribution in [0.2, 0.25) is 0 Å². The van der Waals surface area contributed by atoms with Crippen molar-refractivity contribution in [3.8, 4) is 0 Å². The average Bonchev–Trinajstić information content (AvgIpc) is 2.98. The van der Waals surface area contributed by atoms with Crippen molar-refractivity contribution in [1.82, 2.24) is 10.6 Å². The molecule has 1 aromatic carbocycles. The number of rotatable bonds is 7. The predicted octanol–water partition coefficient (Wildman–Crippen LogP) is 4.22. The van der Waals surface area contributed by atoms with E-state index in [9.17, 15) is 4.39 Å². The molecule has 25 heavy (non-hydrogen) atoms. The van der Waals surface area contributed by atoms with Crippen LogP contribution in [0.1, 0.15) is 28.5 Å². The Bertz CT molecular complexity index is 691. The largest absolute Gasteiger partial charge is 0.380 e. The summed E-state index contributed by atoms with van der Waals surface area (Å²) in [6, 6.07) is 7.14. The van der Waals surface area contributed by atoms with E-state index in [1.807, 2.05) is 6.92 Å². The first-order chi connectivity index (χ1) is 11.6. The normalized spacial score (nSPS) is 11.1. The van der Waals surface area contributed by atoms with E-state index in [1.165, 1.54) is 16.5 Å². The Labute approximate surface area is 169 Å². The lowest BCUT2D eigenvalue weighted by atomic mass is 10.1. The highest BCUT2D eigenvalue weighted by atomic mass is 127. The summed E-state index contributed by atoms with van der Waals surface area (Å²) < 4.78 is 18.7. The molecule has 0 bridgehead atoms. The van der Waals surface area contributed by atoms with E-state index in [-0.39, 0.29) is 36.4 Å². The minimum absolute atomic E-state index is 0. The Kier molecular flexibility index (Phi) is 9.99. The minimum atomic E-state index is -0.247. The van der Waals surface area contributed by atoms with Gasteiger partial charge in [0.1, 0.15) is 5.82 Å². The van der Waals surface area contributed by atoms with Gasteiger partial charge >= 0.3 is 0 Å². The zero-order valence-electron chi connectivity index (χ0n) is 14.8. The topological polar surface area (TPSA) is 45.7 Å². The second-order valence-electron chi connectivity index (χ2n) is 5.43. The van der Waals surface area contributed by atoms with Crippen molar-refractivity contribution in [2.45, 2.75) is 33.5 Å². The molecule has 0 spiro atoms. The molecule has 2 N–H and O–H groups in total. The van der Waals surface area contributed by atoms with Gasteiger partial charge in [0, 0.05) is 24.1 Å². The van der Waals surface area contributed by atoms with Gasteiger partial charge in [-0.1, -0.05) is 6.07 Å². The first kappa shape index (κ1) is 21.9. The zero-order valence-corrected chi connectivity index (χ0v) is 17.9. The smallest absolute Gasteiger partial charge is 0.191 e. The summed E-state index contributed by atoms with van der Waals surface area (Å²) >= 11 is 1.73. The fourth-order valence-corrected chi connectivity index (χ4v) is 3.10. The molecule has 0 atom stereocenters. The molecule has 2 aromatic rings. The van der Waals surface area contributed by atoms with Gasteiger partial charge in [-0.15, -0.1) is 35.3 Å². The number of aliphatic imine (C=N–C) groups is 1. The summed E-state index contributed by atoms with van der Waals surface area (Å²) in [6.07, 6.45) is 0. The van der Waals surface area contributed by atoms with E-state index >= 15 is 0 Å². The number of hydrogen-bond acceptors (Lipinski definition) is 3. The molecule has 0 aliphatic carbocycles. The number of aryl methyl sites for hydroxylation is 1. The monoisotopic (exact) mass is 477 g/mol. The lowest BCUT2D eigenvalue weighted by Crippen LogP contribution is -2.36. The minimum Gasteiger partial charge on any atom is -0.380 e. The van der Waals surface area contributed by atoms with Gasteiger partial charge in [-0.25, -0.2) is 9.38 Å². The second kappa shape index (κ2) is 11.4. The molecule has 7 heteroatoms. The van der Waals surface area contributed by atoms with Crippen molar-refractivity contribution in [3.63, 3.8) is 0 Å². The van der Waals surface area contributed by atoms with Gasteiger partial charge in [0.05, 0.1) is 19.7 Å². The van der Waals surface area contributed by atoms with Crippen molar-refractivity contribution < 1.29 is 9.13 Å². The number of ether oxygens (including phenoxy) is 1. The number of methoxy groups -OCH3 is 1. The Morgan fingerprint density at radius 1 is 1.28 bits per heavy atom. The van der Waals surface area contributed by atoms with Crippen LogP contribution >= 0.6 is 35.3 Å². The highest BCUT2D eigenvalue weighted by Gasteiger charge is 2.05.